The van der Waals surface area contributed by atoms with Crippen LogP contribution in [0.4, 0.5) is 0 Å². The van der Waals surface area contributed by atoms with E-state index in [0.29, 0.717) is 6.42 Å². The summed E-state index contributed by atoms with van der Waals surface area (Å²) in [4.78, 5) is 16.1. The zero-order valence-corrected chi connectivity index (χ0v) is 14.1. The molecular formula is C16H16ClNO4S. The molecule has 0 bridgehead atoms. The van der Waals surface area contributed by atoms with Gasteiger partial charge in [0.2, 0.25) is 0 Å². The van der Waals surface area contributed by atoms with Crippen molar-refractivity contribution < 1.29 is 17.9 Å². The molecule has 1 aromatic heterocycles. The second-order valence-electron chi connectivity index (χ2n) is 5.01. The highest BCUT2D eigenvalue weighted by molar-refractivity contribution is 7.90. The summed E-state index contributed by atoms with van der Waals surface area (Å²) in [6.07, 6.45) is 5.90. The first-order valence-electron chi connectivity index (χ1n) is 6.93. The zero-order valence-electron chi connectivity index (χ0n) is 12.5. The van der Waals surface area contributed by atoms with Gasteiger partial charge in [0.25, 0.3) is 0 Å². The molecule has 122 valence electrons. The molecule has 0 radical (unpaired) electrons. The molecule has 1 aromatic carbocycles. The predicted octanol–water partition coefficient (Wildman–Crippen LogP) is 2.93. The largest absolute Gasteiger partial charge is 0.462 e. The molecule has 0 saturated carbocycles. The van der Waals surface area contributed by atoms with Crippen LogP contribution in [0.2, 0.25) is 5.02 Å². The Hall–Kier alpha value is -1.92. The molecule has 0 atom stereocenters. The number of sulfone groups is 1. The summed E-state index contributed by atoms with van der Waals surface area (Å²) in [6.45, 7) is 0.215. The van der Waals surface area contributed by atoms with Crippen molar-refractivity contribution in [3.8, 4) is 0 Å². The summed E-state index contributed by atoms with van der Waals surface area (Å²) in [5.74, 6) is -0.633. The van der Waals surface area contributed by atoms with E-state index in [4.69, 9.17) is 16.3 Å². The topological polar surface area (TPSA) is 73.3 Å². The Labute approximate surface area is 140 Å². The van der Waals surface area contributed by atoms with E-state index in [9.17, 15) is 13.2 Å². The lowest BCUT2D eigenvalue weighted by Gasteiger charge is -2.08. The molecule has 23 heavy (non-hydrogen) atoms. The van der Waals surface area contributed by atoms with E-state index in [2.05, 4.69) is 4.98 Å². The maximum Gasteiger partial charge on any atom is 0.339 e. The number of hydrogen-bond acceptors (Lipinski definition) is 5. The van der Waals surface area contributed by atoms with Crippen molar-refractivity contribution in [2.45, 2.75) is 17.7 Å². The molecular weight excluding hydrogens is 338 g/mol. The van der Waals surface area contributed by atoms with Gasteiger partial charge in [-0.15, -0.1) is 0 Å². The van der Waals surface area contributed by atoms with Crippen molar-refractivity contribution in [2.24, 2.45) is 0 Å². The second-order valence-corrected chi connectivity index (χ2v) is 7.44. The normalized spacial score (nSPS) is 11.2. The van der Waals surface area contributed by atoms with Crippen molar-refractivity contribution >= 4 is 27.4 Å². The van der Waals surface area contributed by atoms with E-state index in [-0.39, 0.29) is 22.1 Å². The number of ether oxygens (including phenoxy) is 1. The third kappa shape index (κ3) is 5.04. The van der Waals surface area contributed by atoms with E-state index in [1.165, 1.54) is 18.2 Å². The smallest absolute Gasteiger partial charge is 0.339 e. The molecule has 0 amide bonds. The monoisotopic (exact) mass is 353 g/mol. The van der Waals surface area contributed by atoms with Crippen molar-refractivity contribution in [3.63, 3.8) is 0 Å². The third-order valence-corrected chi connectivity index (χ3v) is 4.59. The lowest BCUT2D eigenvalue weighted by molar-refractivity contribution is 0.0500. The number of carbonyl (C=O) groups excluding carboxylic acids is 1. The highest BCUT2D eigenvalue weighted by atomic mass is 35.5. The van der Waals surface area contributed by atoms with Gasteiger partial charge in [-0.25, -0.2) is 13.2 Å². The van der Waals surface area contributed by atoms with E-state index >= 15 is 0 Å². The molecule has 2 aromatic rings. The summed E-state index contributed by atoms with van der Waals surface area (Å²) < 4.78 is 28.2. The number of nitrogens with zero attached hydrogens (tertiary/aromatic N) is 1. The molecule has 0 unspecified atom stereocenters. The lowest BCUT2D eigenvalue weighted by Crippen LogP contribution is -2.09. The van der Waals surface area contributed by atoms with E-state index in [1.807, 2.05) is 12.1 Å². The minimum absolute atomic E-state index is 0.0317. The fourth-order valence-corrected chi connectivity index (χ4v) is 2.80. The standard InChI is InChI=1S/C16H16ClNO4S/c1-23(20,21)13-6-7-15(17)14(10-13)16(19)22-9-3-5-12-4-2-8-18-11-12/h2,4,6-8,10-11H,3,5,9H2,1H3. The number of benzene rings is 1. The molecule has 1 heterocycles. The Morgan fingerprint density at radius 2 is 2.09 bits per heavy atom. The van der Waals surface area contributed by atoms with Gasteiger partial charge in [-0.1, -0.05) is 17.7 Å². The van der Waals surface area contributed by atoms with Crippen molar-refractivity contribution in [1.29, 1.82) is 0 Å². The Kier molecular flexibility index (Phi) is 5.74. The van der Waals surface area contributed by atoms with E-state index in [0.717, 1.165) is 18.2 Å². The molecule has 0 spiro atoms. The van der Waals surface area contributed by atoms with Crippen LogP contribution < -0.4 is 0 Å². The van der Waals surface area contributed by atoms with Crippen LogP contribution in [0.15, 0.2) is 47.6 Å². The number of esters is 1. The highest BCUT2D eigenvalue weighted by Crippen LogP contribution is 2.21. The predicted molar refractivity (Wildman–Crippen MR) is 87.4 cm³/mol. The Bertz CT molecular complexity index is 791. The van der Waals surface area contributed by atoms with Crippen molar-refractivity contribution in [2.75, 3.05) is 12.9 Å². The van der Waals surface area contributed by atoms with Crippen molar-refractivity contribution in [3.05, 3.63) is 58.9 Å². The molecule has 0 aliphatic carbocycles. The van der Waals surface area contributed by atoms with Crippen LogP contribution in [0, 0.1) is 0 Å². The highest BCUT2D eigenvalue weighted by Gasteiger charge is 2.16. The lowest BCUT2D eigenvalue weighted by atomic mass is 10.2. The minimum atomic E-state index is -3.41. The van der Waals surface area contributed by atoms with E-state index < -0.39 is 15.8 Å². The van der Waals surface area contributed by atoms with Gasteiger partial charge in [0.15, 0.2) is 9.84 Å². The van der Waals surface area contributed by atoms with Crippen LogP contribution in [0.25, 0.3) is 0 Å². The van der Waals surface area contributed by atoms with Gasteiger partial charge in [-0.3, -0.25) is 4.98 Å². The fraction of sp³-hybridized carbons (Fsp3) is 0.250. The van der Waals surface area contributed by atoms with Gasteiger partial charge in [0, 0.05) is 18.6 Å². The number of hydrogen-bond donors (Lipinski definition) is 0. The summed E-state index contributed by atoms with van der Waals surface area (Å²) in [5, 5.41) is 0.162. The van der Waals surface area contributed by atoms with Gasteiger partial charge < -0.3 is 4.74 Å². The van der Waals surface area contributed by atoms with Crippen LogP contribution in [-0.2, 0) is 21.0 Å². The first kappa shape index (κ1) is 17.4. The van der Waals surface area contributed by atoms with Gasteiger partial charge in [0.1, 0.15) is 0 Å². The maximum atomic E-state index is 12.0. The van der Waals surface area contributed by atoms with Crippen LogP contribution in [0.3, 0.4) is 0 Å². The summed E-state index contributed by atoms with van der Waals surface area (Å²) in [7, 11) is -3.41. The molecule has 5 nitrogen and oxygen atoms in total. The quantitative estimate of drug-likeness (QED) is 0.589. The molecule has 0 aliphatic rings. The molecule has 0 saturated heterocycles. The number of aromatic nitrogens is 1. The number of rotatable bonds is 6. The molecule has 2 rings (SSSR count). The van der Waals surface area contributed by atoms with Crippen molar-refractivity contribution in [1.82, 2.24) is 4.98 Å². The van der Waals surface area contributed by atoms with Gasteiger partial charge in [-0.05, 0) is 42.7 Å². The molecule has 0 N–H and O–H groups in total. The number of halogens is 1. The first-order chi connectivity index (χ1) is 10.9. The van der Waals surface area contributed by atoms with Crippen LogP contribution in [0.1, 0.15) is 22.3 Å². The Balaban J connectivity index is 1.95. The fourth-order valence-electron chi connectivity index (χ4n) is 1.96. The maximum absolute atomic E-state index is 12.0. The summed E-state index contributed by atoms with van der Waals surface area (Å²) in [6, 6.07) is 7.77. The SMILES string of the molecule is CS(=O)(=O)c1ccc(Cl)c(C(=O)OCCCc2cccnc2)c1. The van der Waals surface area contributed by atoms with E-state index in [1.54, 1.807) is 12.4 Å². The Morgan fingerprint density at radius 1 is 1.30 bits per heavy atom. The van der Waals surface area contributed by atoms with Gasteiger partial charge >= 0.3 is 5.97 Å². The molecule has 7 heteroatoms. The first-order valence-corrected chi connectivity index (χ1v) is 9.20. The average Bonchev–Trinajstić information content (AvgIpc) is 2.51. The number of aryl methyl sites for hydroxylation is 1. The van der Waals surface area contributed by atoms with Crippen LogP contribution >= 0.6 is 11.6 Å². The summed E-state index contributed by atoms with van der Waals surface area (Å²) >= 11 is 5.95. The Morgan fingerprint density at radius 3 is 2.74 bits per heavy atom. The number of pyridine rings is 1. The number of carbonyl (C=O) groups is 1. The van der Waals surface area contributed by atoms with Crippen LogP contribution in [-0.4, -0.2) is 32.2 Å². The molecule has 0 aliphatic heterocycles. The summed E-state index contributed by atoms with van der Waals surface area (Å²) in [5.41, 5.74) is 1.11. The molecule has 0 fully saturated rings. The van der Waals surface area contributed by atoms with Gasteiger partial charge in [-0.2, -0.15) is 0 Å². The third-order valence-electron chi connectivity index (χ3n) is 3.15. The average molecular weight is 354 g/mol. The zero-order chi connectivity index (χ0) is 16.9. The minimum Gasteiger partial charge on any atom is -0.462 e. The van der Waals surface area contributed by atoms with Crippen LogP contribution in [0.5, 0.6) is 0 Å². The van der Waals surface area contributed by atoms with Gasteiger partial charge in [0.05, 0.1) is 22.1 Å². The second kappa shape index (κ2) is 7.57.